The quantitative estimate of drug-likeness (QED) is 0.483. The maximum atomic E-state index is 11.2. The number of hydroxylamine groups is 1. The molecular formula is C9H16N2O3. The molecule has 0 aliphatic heterocycles. The maximum Gasteiger partial charge on any atom is 0.260 e. The number of carbonyl (C=O) groups is 1. The van der Waals surface area contributed by atoms with Gasteiger partial charge in [-0.2, -0.15) is 5.26 Å². The molecule has 14 heavy (non-hydrogen) atoms. The van der Waals surface area contributed by atoms with Gasteiger partial charge in [-0.1, -0.05) is 13.3 Å². The number of nitrogens with one attached hydrogen (secondary N) is 1. The van der Waals surface area contributed by atoms with Crippen LogP contribution in [0.5, 0.6) is 0 Å². The molecule has 0 spiro atoms. The van der Waals surface area contributed by atoms with Gasteiger partial charge in [0.05, 0.1) is 19.3 Å². The predicted octanol–water partition coefficient (Wildman–Crippen LogP) is 0.620. The number of rotatable bonds is 7. The third kappa shape index (κ3) is 5.51. The molecule has 0 aromatic rings. The maximum absolute atomic E-state index is 11.2. The predicted molar refractivity (Wildman–Crippen MR) is 50.0 cm³/mol. The highest BCUT2D eigenvalue weighted by molar-refractivity contribution is 5.79. The Labute approximate surface area is 83.9 Å². The van der Waals surface area contributed by atoms with Crippen LogP contribution in [0.15, 0.2) is 0 Å². The third-order valence-corrected chi connectivity index (χ3v) is 1.61. The van der Waals surface area contributed by atoms with Gasteiger partial charge in [0, 0.05) is 7.11 Å². The Kier molecular flexibility index (Phi) is 7.80. The lowest BCUT2D eigenvalue weighted by Crippen LogP contribution is -2.31. The second-order valence-electron chi connectivity index (χ2n) is 2.78. The van der Waals surface area contributed by atoms with E-state index in [9.17, 15) is 4.79 Å². The number of nitriles is 1. The highest BCUT2D eigenvalue weighted by Gasteiger charge is 2.16. The van der Waals surface area contributed by atoms with Crippen LogP contribution in [0.1, 0.15) is 19.8 Å². The molecular weight excluding hydrogens is 184 g/mol. The van der Waals surface area contributed by atoms with Gasteiger partial charge in [0.15, 0.2) is 0 Å². The first kappa shape index (κ1) is 12.9. The fourth-order valence-electron chi connectivity index (χ4n) is 0.861. The Balaban J connectivity index is 3.65. The van der Waals surface area contributed by atoms with E-state index in [-0.39, 0.29) is 12.5 Å². The van der Waals surface area contributed by atoms with Gasteiger partial charge in [-0.3, -0.25) is 9.63 Å². The van der Waals surface area contributed by atoms with Crippen molar-refractivity contribution in [1.29, 1.82) is 5.26 Å². The molecule has 80 valence electrons. The van der Waals surface area contributed by atoms with E-state index < -0.39 is 5.92 Å². The van der Waals surface area contributed by atoms with Crippen LogP contribution >= 0.6 is 0 Å². The van der Waals surface area contributed by atoms with Crippen LogP contribution in [0.2, 0.25) is 0 Å². The first-order valence-corrected chi connectivity index (χ1v) is 4.56. The van der Waals surface area contributed by atoms with E-state index in [1.807, 2.05) is 13.0 Å². The largest absolute Gasteiger partial charge is 0.382 e. The van der Waals surface area contributed by atoms with E-state index in [0.29, 0.717) is 13.0 Å². The van der Waals surface area contributed by atoms with Crippen LogP contribution in [0.25, 0.3) is 0 Å². The smallest absolute Gasteiger partial charge is 0.260 e. The molecule has 0 heterocycles. The first-order chi connectivity index (χ1) is 6.76. The fourth-order valence-corrected chi connectivity index (χ4v) is 0.861. The summed E-state index contributed by atoms with van der Waals surface area (Å²) in [5, 5.41) is 8.64. The van der Waals surface area contributed by atoms with Crippen LogP contribution in [0.4, 0.5) is 0 Å². The normalized spacial score (nSPS) is 11.8. The minimum atomic E-state index is -0.623. The average molecular weight is 200 g/mol. The summed E-state index contributed by atoms with van der Waals surface area (Å²) in [4.78, 5) is 16.0. The minimum Gasteiger partial charge on any atom is -0.382 e. The van der Waals surface area contributed by atoms with Crippen LogP contribution in [0, 0.1) is 17.2 Å². The van der Waals surface area contributed by atoms with Gasteiger partial charge in [0.25, 0.3) is 5.91 Å². The molecule has 0 saturated heterocycles. The van der Waals surface area contributed by atoms with Crippen LogP contribution in [-0.4, -0.2) is 26.2 Å². The van der Waals surface area contributed by atoms with Crippen LogP contribution < -0.4 is 5.48 Å². The SMILES string of the molecule is CCCC(C#N)C(=O)NOCCOC. The summed E-state index contributed by atoms with van der Waals surface area (Å²) in [5.74, 6) is -1.01. The molecule has 0 aromatic heterocycles. The molecule has 5 nitrogen and oxygen atoms in total. The van der Waals surface area contributed by atoms with Crippen molar-refractivity contribution in [2.24, 2.45) is 5.92 Å². The van der Waals surface area contributed by atoms with Gasteiger partial charge >= 0.3 is 0 Å². The summed E-state index contributed by atoms with van der Waals surface area (Å²) in [6.07, 6.45) is 1.35. The lowest BCUT2D eigenvalue weighted by molar-refractivity contribution is -0.137. The van der Waals surface area contributed by atoms with Crippen molar-refractivity contribution in [3.8, 4) is 6.07 Å². The van der Waals surface area contributed by atoms with Crippen LogP contribution in [-0.2, 0) is 14.4 Å². The summed E-state index contributed by atoms with van der Waals surface area (Å²) < 4.78 is 4.72. The van der Waals surface area contributed by atoms with E-state index in [4.69, 9.17) is 14.8 Å². The van der Waals surface area contributed by atoms with Crippen molar-refractivity contribution >= 4 is 5.91 Å². The Morgan fingerprint density at radius 3 is 2.79 bits per heavy atom. The van der Waals surface area contributed by atoms with Crippen molar-refractivity contribution in [2.75, 3.05) is 20.3 Å². The highest BCUT2D eigenvalue weighted by Crippen LogP contribution is 2.04. The zero-order valence-electron chi connectivity index (χ0n) is 8.58. The molecule has 0 bridgehead atoms. The van der Waals surface area contributed by atoms with Crippen molar-refractivity contribution in [2.45, 2.75) is 19.8 Å². The van der Waals surface area contributed by atoms with Crippen molar-refractivity contribution < 1.29 is 14.4 Å². The topological polar surface area (TPSA) is 71.4 Å². The van der Waals surface area contributed by atoms with E-state index in [1.54, 1.807) is 7.11 Å². The number of hydrogen-bond donors (Lipinski definition) is 1. The standard InChI is InChI=1S/C9H16N2O3/c1-3-4-8(7-10)9(12)11-14-6-5-13-2/h8H,3-6H2,1-2H3,(H,11,12). The summed E-state index contributed by atoms with van der Waals surface area (Å²) in [7, 11) is 1.54. The fraction of sp³-hybridized carbons (Fsp3) is 0.778. The Hall–Kier alpha value is -1.12. The van der Waals surface area contributed by atoms with Gasteiger partial charge in [-0.25, -0.2) is 5.48 Å². The Morgan fingerprint density at radius 2 is 2.29 bits per heavy atom. The zero-order valence-corrected chi connectivity index (χ0v) is 8.58. The molecule has 0 radical (unpaired) electrons. The van der Waals surface area contributed by atoms with Gasteiger partial charge in [-0.15, -0.1) is 0 Å². The van der Waals surface area contributed by atoms with Crippen LogP contribution in [0.3, 0.4) is 0 Å². The van der Waals surface area contributed by atoms with Gasteiger partial charge in [0.2, 0.25) is 0 Å². The second-order valence-corrected chi connectivity index (χ2v) is 2.78. The number of amides is 1. The molecule has 1 unspecified atom stereocenters. The monoisotopic (exact) mass is 200 g/mol. The third-order valence-electron chi connectivity index (χ3n) is 1.61. The molecule has 0 saturated carbocycles. The number of ether oxygens (including phenoxy) is 1. The van der Waals surface area contributed by atoms with E-state index >= 15 is 0 Å². The zero-order chi connectivity index (χ0) is 10.8. The van der Waals surface area contributed by atoms with E-state index in [2.05, 4.69) is 5.48 Å². The van der Waals surface area contributed by atoms with Gasteiger partial charge in [-0.05, 0) is 6.42 Å². The second kappa shape index (κ2) is 8.48. The lowest BCUT2D eigenvalue weighted by atomic mass is 10.1. The summed E-state index contributed by atoms with van der Waals surface area (Å²) in [6, 6.07) is 1.92. The molecule has 5 heteroatoms. The molecule has 1 amide bonds. The summed E-state index contributed by atoms with van der Waals surface area (Å²) in [6.45, 7) is 2.61. The number of nitrogens with zero attached hydrogens (tertiary/aromatic N) is 1. The molecule has 0 aromatic carbocycles. The number of hydrogen-bond acceptors (Lipinski definition) is 4. The Morgan fingerprint density at radius 1 is 1.57 bits per heavy atom. The first-order valence-electron chi connectivity index (χ1n) is 4.56. The van der Waals surface area contributed by atoms with Crippen molar-refractivity contribution in [3.63, 3.8) is 0 Å². The van der Waals surface area contributed by atoms with Crippen molar-refractivity contribution in [3.05, 3.63) is 0 Å². The number of methoxy groups -OCH3 is 1. The highest BCUT2D eigenvalue weighted by atomic mass is 16.7. The van der Waals surface area contributed by atoms with Crippen molar-refractivity contribution in [1.82, 2.24) is 5.48 Å². The molecule has 1 atom stereocenters. The summed E-state index contributed by atoms with van der Waals surface area (Å²) >= 11 is 0. The molecule has 0 rings (SSSR count). The molecule has 0 aliphatic rings. The molecule has 1 N–H and O–H groups in total. The molecule has 0 aliphatic carbocycles. The van der Waals surface area contributed by atoms with Gasteiger partial charge in [0.1, 0.15) is 5.92 Å². The van der Waals surface area contributed by atoms with Gasteiger partial charge < -0.3 is 4.74 Å². The number of carbonyl (C=O) groups excluding carboxylic acids is 1. The van der Waals surface area contributed by atoms with E-state index in [0.717, 1.165) is 6.42 Å². The molecule has 0 fully saturated rings. The average Bonchev–Trinajstić information content (AvgIpc) is 2.20. The summed E-state index contributed by atoms with van der Waals surface area (Å²) in [5.41, 5.74) is 2.21. The Bertz CT molecular complexity index is 201. The lowest BCUT2D eigenvalue weighted by Gasteiger charge is -2.08. The van der Waals surface area contributed by atoms with E-state index in [1.165, 1.54) is 0 Å². The minimum absolute atomic E-state index is 0.284.